The molecule has 0 radical (unpaired) electrons. The highest BCUT2D eigenvalue weighted by Gasteiger charge is 2.15. The molecule has 2 aromatic rings. The van der Waals surface area contributed by atoms with Gasteiger partial charge in [0.2, 0.25) is 0 Å². The fraction of sp³-hybridized carbons (Fsp3) is 0.400. The molecule has 1 aromatic carbocycles. The van der Waals surface area contributed by atoms with Gasteiger partial charge in [-0.25, -0.2) is 0 Å². The van der Waals surface area contributed by atoms with Crippen LogP contribution in [-0.4, -0.2) is 10.1 Å². The molecule has 4 heteroatoms. The minimum atomic E-state index is -0.158. The molecule has 0 atom stereocenters. The molecule has 1 aromatic heterocycles. The van der Waals surface area contributed by atoms with E-state index in [9.17, 15) is 0 Å². The predicted octanol–water partition coefficient (Wildman–Crippen LogP) is 3.57. The Hall–Kier alpha value is -1.81. The Balaban J connectivity index is 2.22. The molecule has 19 heavy (non-hydrogen) atoms. The smallest absolute Gasteiger partial charge is 0.399 e. The van der Waals surface area contributed by atoms with Crippen LogP contribution in [-0.2, 0) is 12.0 Å². The van der Waals surface area contributed by atoms with Gasteiger partial charge in [-0.3, -0.25) is 0 Å². The van der Waals surface area contributed by atoms with Gasteiger partial charge in [0.1, 0.15) is 17.7 Å². The van der Waals surface area contributed by atoms with Crippen LogP contribution in [0.3, 0.4) is 0 Å². The van der Waals surface area contributed by atoms with Crippen LogP contribution in [0.5, 0.6) is 11.8 Å². The van der Waals surface area contributed by atoms with Crippen molar-refractivity contribution in [3.63, 3.8) is 0 Å². The van der Waals surface area contributed by atoms with E-state index in [0.29, 0.717) is 11.4 Å². The van der Waals surface area contributed by atoms with Crippen molar-refractivity contribution in [2.24, 2.45) is 0 Å². The van der Waals surface area contributed by atoms with Crippen LogP contribution in [0, 0.1) is 6.92 Å². The first-order chi connectivity index (χ1) is 8.90. The third kappa shape index (κ3) is 3.15. The van der Waals surface area contributed by atoms with Crippen LogP contribution < -0.4 is 4.74 Å². The molecule has 0 saturated carbocycles. The zero-order valence-electron chi connectivity index (χ0n) is 11.7. The van der Waals surface area contributed by atoms with Gasteiger partial charge in [0.25, 0.3) is 0 Å². The number of hydrogen-bond acceptors (Lipinski definition) is 4. The Morgan fingerprint density at radius 2 is 2.05 bits per heavy atom. The number of nitrogens with zero attached hydrogens (tertiary/aromatic N) is 1. The average Bonchev–Trinajstić information content (AvgIpc) is 2.78. The fourth-order valence-corrected chi connectivity index (χ4v) is 1.73. The summed E-state index contributed by atoms with van der Waals surface area (Å²) in [6, 6.07) is 6.06. The first-order valence-electron chi connectivity index (χ1n) is 6.24. The molecule has 0 amide bonds. The normalized spacial score (nSPS) is 11.6. The van der Waals surface area contributed by atoms with Crippen molar-refractivity contribution >= 4 is 0 Å². The molecule has 0 aliphatic carbocycles. The van der Waals surface area contributed by atoms with E-state index in [1.54, 1.807) is 0 Å². The summed E-state index contributed by atoms with van der Waals surface area (Å²) >= 11 is 0. The second-order valence-corrected chi connectivity index (χ2v) is 5.60. The SMILES string of the molecule is Cc1cc(C(C)(C)C)ccc1Oc1nc(CO)co1. The van der Waals surface area contributed by atoms with Crippen LogP contribution in [0.4, 0.5) is 0 Å². The van der Waals surface area contributed by atoms with Crippen molar-refractivity contribution in [1.29, 1.82) is 0 Å². The maximum Gasteiger partial charge on any atom is 0.399 e. The highest BCUT2D eigenvalue weighted by molar-refractivity contribution is 5.39. The number of aryl methyl sites for hydroxylation is 1. The van der Waals surface area contributed by atoms with Gasteiger partial charge in [-0.1, -0.05) is 32.9 Å². The molecular formula is C15H19NO3. The summed E-state index contributed by atoms with van der Waals surface area (Å²) < 4.78 is 10.7. The Bertz CT molecular complexity index is 567. The second-order valence-electron chi connectivity index (χ2n) is 5.60. The lowest BCUT2D eigenvalue weighted by atomic mass is 9.86. The van der Waals surface area contributed by atoms with E-state index in [1.165, 1.54) is 11.8 Å². The Morgan fingerprint density at radius 1 is 1.32 bits per heavy atom. The lowest BCUT2D eigenvalue weighted by Crippen LogP contribution is -2.11. The molecule has 1 heterocycles. The number of aliphatic hydroxyl groups excluding tert-OH is 1. The van der Waals surface area contributed by atoms with E-state index in [-0.39, 0.29) is 18.1 Å². The van der Waals surface area contributed by atoms with Crippen LogP contribution >= 0.6 is 0 Å². The molecule has 102 valence electrons. The molecule has 0 aliphatic rings. The monoisotopic (exact) mass is 261 g/mol. The lowest BCUT2D eigenvalue weighted by Gasteiger charge is -2.20. The quantitative estimate of drug-likeness (QED) is 0.917. The molecular weight excluding hydrogens is 242 g/mol. The van der Waals surface area contributed by atoms with Crippen molar-refractivity contribution < 1.29 is 14.3 Å². The van der Waals surface area contributed by atoms with Gasteiger partial charge in [-0.2, -0.15) is 4.98 Å². The third-order valence-corrected chi connectivity index (χ3v) is 2.93. The fourth-order valence-electron chi connectivity index (χ4n) is 1.73. The summed E-state index contributed by atoms with van der Waals surface area (Å²) in [6.07, 6.45) is 1.53. The number of ether oxygens (including phenoxy) is 1. The van der Waals surface area contributed by atoms with E-state index >= 15 is 0 Å². The van der Waals surface area contributed by atoms with Gasteiger partial charge in [0.15, 0.2) is 0 Å². The molecule has 0 bridgehead atoms. The highest BCUT2D eigenvalue weighted by atomic mass is 16.6. The lowest BCUT2D eigenvalue weighted by molar-refractivity contribution is 0.276. The summed E-state index contributed by atoms with van der Waals surface area (Å²) in [5.74, 6) is 0.708. The summed E-state index contributed by atoms with van der Waals surface area (Å²) in [7, 11) is 0. The van der Waals surface area contributed by atoms with Crippen molar-refractivity contribution in [1.82, 2.24) is 4.98 Å². The average molecular weight is 261 g/mol. The van der Waals surface area contributed by atoms with Crippen molar-refractivity contribution in [2.75, 3.05) is 0 Å². The minimum Gasteiger partial charge on any atom is -0.417 e. The largest absolute Gasteiger partial charge is 0.417 e. The maximum absolute atomic E-state index is 8.92. The first kappa shape index (κ1) is 13.6. The van der Waals surface area contributed by atoms with Gasteiger partial charge in [0.05, 0.1) is 6.61 Å². The van der Waals surface area contributed by atoms with Gasteiger partial charge in [-0.15, -0.1) is 0 Å². The summed E-state index contributed by atoms with van der Waals surface area (Å²) in [5, 5.41) is 8.92. The minimum absolute atomic E-state index is 0.107. The number of aliphatic hydroxyl groups is 1. The van der Waals surface area contributed by atoms with Crippen LogP contribution in [0.1, 0.15) is 37.6 Å². The molecule has 2 rings (SSSR count). The topological polar surface area (TPSA) is 55.5 Å². The third-order valence-electron chi connectivity index (χ3n) is 2.93. The summed E-state index contributed by atoms with van der Waals surface area (Å²) in [4.78, 5) is 4.00. The summed E-state index contributed by atoms with van der Waals surface area (Å²) in [5.41, 5.74) is 2.84. The molecule has 0 spiro atoms. The van der Waals surface area contributed by atoms with Gasteiger partial charge < -0.3 is 14.3 Å². The number of rotatable bonds is 3. The molecule has 0 fully saturated rings. The Kier molecular flexibility index (Phi) is 3.62. The molecule has 0 unspecified atom stereocenters. The number of benzene rings is 1. The van der Waals surface area contributed by atoms with E-state index in [1.807, 2.05) is 19.1 Å². The van der Waals surface area contributed by atoms with Crippen LogP contribution in [0.2, 0.25) is 0 Å². The van der Waals surface area contributed by atoms with E-state index in [0.717, 1.165) is 5.56 Å². The Labute approximate surface area is 113 Å². The number of oxazole rings is 1. The van der Waals surface area contributed by atoms with Gasteiger partial charge in [0, 0.05) is 0 Å². The van der Waals surface area contributed by atoms with Gasteiger partial charge in [-0.05, 0) is 29.5 Å². The molecule has 1 N–H and O–H groups in total. The van der Waals surface area contributed by atoms with Crippen molar-refractivity contribution in [3.8, 4) is 11.8 Å². The zero-order valence-corrected chi connectivity index (χ0v) is 11.7. The van der Waals surface area contributed by atoms with E-state index in [4.69, 9.17) is 14.3 Å². The molecule has 0 aliphatic heterocycles. The van der Waals surface area contributed by atoms with Crippen LogP contribution in [0.15, 0.2) is 28.9 Å². The standard InChI is InChI=1S/C15H19NO3/c1-10-7-11(15(2,3)4)5-6-13(10)19-14-16-12(8-17)9-18-14/h5-7,9,17H,8H2,1-4H3. The highest BCUT2D eigenvalue weighted by Crippen LogP contribution is 2.30. The van der Waals surface area contributed by atoms with Crippen molar-refractivity contribution in [2.45, 2.75) is 39.7 Å². The molecule has 0 saturated heterocycles. The maximum atomic E-state index is 8.92. The predicted molar refractivity (Wildman–Crippen MR) is 72.4 cm³/mol. The number of hydrogen-bond donors (Lipinski definition) is 1. The van der Waals surface area contributed by atoms with E-state index < -0.39 is 0 Å². The van der Waals surface area contributed by atoms with Crippen LogP contribution in [0.25, 0.3) is 0 Å². The van der Waals surface area contributed by atoms with Crippen molar-refractivity contribution in [3.05, 3.63) is 41.3 Å². The Morgan fingerprint density at radius 3 is 2.58 bits per heavy atom. The molecule has 4 nitrogen and oxygen atoms in total. The van der Waals surface area contributed by atoms with E-state index in [2.05, 4.69) is 31.8 Å². The second kappa shape index (κ2) is 5.05. The summed E-state index contributed by atoms with van der Waals surface area (Å²) in [6.45, 7) is 8.34. The van der Waals surface area contributed by atoms with Gasteiger partial charge >= 0.3 is 6.08 Å². The number of aromatic nitrogens is 1. The zero-order chi connectivity index (χ0) is 14.0. The first-order valence-corrected chi connectivity index (χ1v) is 6.24.